The maximum Gasteiger partial charge on any atom is 0.156 e. The van der Waals surface area contributed by atoms with Crippen LogP contribution in [0.1, 0.15) is 58.8 Å². The molecule has 0 aromatic heterocycles. The van der Waals surface area contributed by atoms with Crippen molar-refractivity contribution in [1.29, 1.82) is 0 Å². The van der Waals surface area contributed by atoms with Crippen molar-refractivity contribution in [3.05, 3.63) is 0 Å². The van der Waals surface area contributed by atoms with Gasteiger partial charge in [-0.15, -0.1) is 6.42 Å². The molecule has 0 aromatic rings. The van der Waals surface area contributed by atoms with Gasteiger partial charge in [-0.05, 0) is 74.0 Å². The number of rotatable bonds is 0. The molecular formula is C21H32O4. The maximum absolute atomic E-state index is 11.0. The van der Waals surface area contributed by atoms with Gasteiger partial charge in [0.25, 0.3) is 0 Å². The SMILES string of the molecule is C#C[C@]1(O)[C@H](O)C[C@H]2[C@@H]3CCC4[C@H](O)[C@H](O)CC[C@]4(C)[C@H]3CC[C@@]21C. The lowest BCUT2D eigenvalue weighted by atomic mass is 9.44. The molecule has 0 saturated heterocycles. The van der Waals surface area contributed by atoms with Gasteiger partial charge >= 0.3 is 0 Å². The van der Waals surface area contributed by atoms with E-state index >= 15 is 0 Å². The largest absolute Gasteiger partial charge is 0.390 e. The molecule has 0 heterocycles. The fourth-order valence-corrected chi connectivity index (χ4v) is 7.60. The van der Waals surface area contributed by atoms with Gasteiger partial charge in [0.1, 0.15) is 0 Å². The van der Waals surface area contributed by atoms with E-state index in [2.05, 4.69) is 19.8 Å². The smallest absolute Gasteiger partial charge is 0.156 e. The van der Waals surface area contributed by atoms with Crippen molar-refractivity contribution in [3.63, 3.8) is 0 Å². The van der Waals surface area contributed by atoms with Crippen molar-refractivity contribution in [2.45, 2.75) is 82.7 Å². The Morgan fingerprint density at radius 1 is 0.920 bits per heavy atom. The Kier molecular flexibility index (Phi) is 3.88. The van der Waals surface area contributed by atoms with Crippen molar-refractivity contribution >= 4 is 0 Å². The third kappa shape index (κ3) is 2.04. The van der Waals surface area contributed by atoms with Crippen LogP contribution >= 0.6 is 0 Å². The van der Waals surface area contributed by atoms with Gasteiger partial charge in [-0.2, -0.15) is 0 Å². The summed E-state index contributed by atoms with van der Waals surface area (Å²) in [5, 5.41) is 42.3. The van der Waals surface area contributed by atoms with Crippen molar-refractivity contribution in [3.8, 4) is 12.3 Å². The van der Waals surface area contributed by atoms with Gasteiger partial charge in [0.05, 0.1) is 18.3 Å². The predicted octanol–water partition coefficient (Wildman–Crippen LogP) is 1.70. The van der Waals surface area contributed by atoms with Crippen LogP contribution in [-0.4, -0.2) is 44.3 Å². The van der Waals surface area contributed by atoms with E-state index < -0.39 is 29.3 Å². The first-order valence-corrected chi connectivity index (χ1v) is 9.93. The molecule has 25 heavy (non-hydrogen) atoms. The molecule has 4 rings (SSSR count). The fourth-order valence-electron chi connectivity index (χ4n) is 7.60. The number of hydrogen-bond donors (Lipinski definition) is 4. The molecule has 0 bridgehead atoms. The van der Waals surface area contributed by atoms with Crippen LogP contribution < -0.4 is 0 Å². The minimum Gasteiger partial charge on any atom is -0.390 e. The Labute approximate surface area is 150 Å². The molecule has 4 saturated carbocycles. The average molecular weight is 348 g/mol. The van der Waals surface area contributed by atoms with E-state index in [1.165, 1.54) is 0 Å². The maximum atomic E-state index is 11.0. The van der Waals surface area contributed by atoms with Crippen LogP contribution in [0.15, 0.2) is 0 Å². The molecule has 0 aromatic carbocycles. The van der Waals surface area contributed by atoms with E-state index in [4.69, 9.17) is 6.42 Å². The lowest BCUT2D eigenvalue weighted by Crippen LogP contribution is -2.60. The Morgan fingerprint density at radius 3 is 2.32 bits per heavy atom. The summed E-state index contributed by atoms with van der Waals surface area (Å²) in [6, 6.07) is 0. The summed E-state index contributed by atoms with van der Waals surface area (Å²) < 4.78 is 0. The second-order valence-electron chi connectivity index (χ2n) is 9.78. The molecule has 4 aliphatic carbocycles. The molecule has 0 amide bonds. The van der Waals surface area contributed by atoms with Gasteiger partial charge in [0.2, 0.25) is 0 Å². The first-order valence-electron chi connectivity index (χ1n) is 9.93. The van der Waals surface area contributed by atoms with E-state index in [0.717, 1.165) is 32.1 Å². The van der Waals surface area contributed by atoms with Gasteiger partial charge in [-0.3, -0.25) is 0 Å². The van der Waals surface area contributed by atoms with Crippen molar-refractivity contribution in [1.82, 2.24) is 0 Å². The highest BCUT2D eigenvalue weighted by molar-refractivity contribution is 5.27. The zero-order valence-corrected chi connectivity index (χ0v) is 15.4. The number of terminal acetylenes is 1. The van der Waals surface area contributed by atoms with E-state index in [9.17, 15) is 20.4 Å². The molecule has 4 N–H and O–H groups in total. The Morgan fingerprint density at radius 2 is 1.64 bits per heavy atom. The van der Waals surface area contributed by atoms with Crippen LogP contribution in [-0.2, 0) is 0 Å². The molecule has 4 heteroatoms. The third-order valence-corrected chi connectivity index (χ3v) is 9.17. The highest BCUT2D eigenvalue weighted by Gasteiger charge is 2.68. The topological polar surface area (TPSA) is 80.9 Å². The fraction of sp³-hybridized carbons (Fsp3) is 0.905. The van der Waals surface area contributed by atoms with E-state index in [-0.39, 0.29) is 17.3 Å². The summed E-state index contributed by atoms with van der Waals surface area (Å²) in [6.07, 6.45) is 9.47. The van der Waals surface area contributed by atoms with Crippen LogP contribution in [0.4, 0.5) is 0 Å². The van der Waals surface area contributed by atoms with Crippen LogP contribution in [0.5, 0.6) is 0 Å². The summed E-state index contributed by atoms with van der Waals surface area (Å²) in [7, 11) is 0. The second-order valence-corrected chi connectivity index (χ2v) is 9.78. The summed E-state index contributed by atoms with van der Waals surface area (Å²) in [6.45, 7) is 4.36. The van der Waals surface area contributed by atoms with Gasteiger partial charge in [0, 0.05) is 5.41 Å². The zero-order valence-electron chi connectivity index (χ0n) is 15.4. The van der Waals surface area contributed by atoms with Gasteiger partial charge < -0.3 is 20.4 Å². The van der Waals surface area contributed by atoms with Crippen molar-refractivity contribution < 1.29 is 20.4 Å². The Balaban J connectivity index is 1.68. The summed E-state index contributed by atoms with van der Waals surface area (Å²) in [4.78, 5) is 0. The van der Waals surface area contributed by atoms with Crippen LogP contribution in [0.2, 0.25) is 0 Å². The second kappa shape index (κ2) is 5.45. The first kappa shape index (κ1) is 17.8. The molecule has 10 atom stereocenters. The van der Waals surface area contributed by atoms with Gasteiger partial charge in [0.15, 0.2) is 5.60 Å². The highest BCUT2D eigenvalue weighted by Crippen LogP contribution is 2.68. The average Bonchev–Trinajstić information content (AvgIpc) is 2.79. The standard InChI is InChI=1S/C21H32O4/c1-4-21(25)17(23)11-15-12-5-6-14-18(24)16(22)8-9-19(14,2)13(12)7-10-20(15,21)3/h1,12-18,22-25H,5-11H2,2-3H3/t12-,13+,14?,15+,16-,17-,18+,19-,20+,21+/m1/s1. The van der Waals surface area contributed by atoms with E-state index in [0.29, 0.717) is 24.7 Å². The van der Waals surface area contributed by atoms with Gasteiger partial charge in [-0.1, -0.05) is 19.8 Å². The zero-order chi connectivity index (χ0) is 18.2. The van der Waals surface area contributed by atoms with Crippen molar-refractivity contribution in [2.24, 2.45) is 34.5 Å². The molecule has 0 spiro atoms. The molecule has 4 nitrogen and oxygen atoms in total. The Hall–Kier alpha value is -0.600. The first-order chi connectivity index (χ1) is 11.7. The van der Waals surface area contributed by atoms with Gasteiger partial charge in [-0.25, -0.2) is 0 Å². The quantitative estimate of drug-likeness (QED) is 0.502. The minimum absolute atomic E-state index is 0.0324. The van der Waals surface area contributed by atoms with Crippen LogP contribution in [0.25, 0.3) is 0 Å². The number of hydrogen-bond acceptors (Lipinski definition) is 4. The summed E-state index contributed by atoms with van der Waals surface area (Å²) in [5.41, 5.74) is -1.83. The van der Waals surface area contributed by atoms with Crippen LogP contribution in [0.3, 0.4) is 0 Å². The molecule has 0 aliphatic heterocycles. The Bertz CT molecular complexity index is 599. The number of aliphatic hydroxyl groups excluding tert-OH is 3. The molecule has 0 radical (unpaired) electrons. The monoisotopic (exact) mass is 348 g/mol. The molecule has 4 fully saturated rings. The lowest BCUT2D eigenvalue weighted by Gasteiger charge is -2.62. The summed E-state index contributed by atoms with van der Waals surface area (Å²) >= 11 is 0. The van der Waals surface area contributed by atoms with E-state index in [1.54, 1.807) is 0 Å². The predicted molar refractivity (Wildman–Crippen MR) is 94.3 cm³/mol. The molecule has 1 unspecified atom stereocenters. The third-order valence-electron chi connectivity index (χ3n) is 9.17. The minimum atomic E-state index is -1.43. The highest BCUT2D eigenvalue weighted by atomic mass is 16.3. The van der Waals surface area contributed by atoms with E-state index in [1.807, 2.05) is 0 Å². The number of fused-ring (bicyclic) bond motifs is 5. The normalized spacial score (nSPS) is 60.9. The van der Waals surface area contributed by atoms with Crippen LogP contribution in [0, 0.1) is 46.8 Å². The lowest BCUT2D eigenvalue weighted by molar-refractivity contribution is -0.183. The molecule has 140 valence electrons. The number of aliphatic hydroxyl groups is 4. The summed E-state index contributed by atoms with van der Waals surface area (Å²) in [5.74, 6) is 3.82. The molecule has 4 aliphatic rings. The van der Waals surface area contributed by atoms with Crippen molar-refractivity contribution in [2.75, 3.05) is 0 Å². The molecular weight excluding hydrogens is 316 g/mol.